The highest BCUT2D eigenvalue weighted by Crippen LogP contribution is 2.57. The van der Waals surface area contributed by atoms with Crippen LogP contribution in [0.15, 0.2) is 35.1 Å². The number of nitrogens with zero attached hydrogens (tertiary/aromatic N) is 1. The number of fused-ring (bicyclic) bond motifs is 3. The lowest BCUT2D eigenvalue weighted by Crippen LogP contribution is -2.71. The fourth-order valence-corrected chi connectivity index (χ4v) is 7.26. The first-order valence-electron chi connectivity index (χ1n) is 13.5. The zero-order valence-corrected chi connectivity index (χ0v) is 22.6. The minimum Gasteiger partial charge on any atom is -0.508 e. The van der Waals surface area contributed by atoms with E-state index in [9.17, 15) is 39.6 Å². The van der Waals surface area contributed by atoms with Crippen LogP contribution in [-0.2, 0) is 23.9 Å². The quantitative estimate of drug-likeness (QED) is 0.270. The summed E-state index contributed by atoms with van der Waals surface area (Å²) in [5.74, 6) is -9.84. The molecule has 11 heteroatoms. The number of aromatic hydroxyl groups is 1. The number of ketones is 2. The molecule has 2 fully saturated rings. The van der Waals surface area contributed by atoms with E-state index in [1.54, 1.807) is 19.1 Å². The number of rotatable bonds is 4. The number of hydrogen-bond acceptors (Lipinski definition) is 10. The van der Waals surface area contributed by atoms with Crippen molar-refractivity contribution in [2.75, 3.05) is 14.1 Å². The van der Waals surface area contributed by atoms with Gasteiger partial charge in [0.1, 0.15) is 28.9 Å². The van der Waals surface area contributed by atoms with Crippen molar-refractivity contribution in [2.24, 2.45) is 23.5 Å². The predicted octanol–water partition coefficient (Wildman–Crippen LogP) is 1.63. The molecule has 214 valence electrons. The fourth-order valence-electron chi connectivity index (χ4n) is 7.26. The third-order valence-electron chi connectivity index (χ3n) is 9.16. The highest BCUT2D eigenvalue weighted by Gasteiger charge is 2.69. The highest BCUT2D eigenvalue weighted by atomic mass is 16.5. The van der Waals surface area contributed by atoms with Crippen molar-refractivity contribution in [3.05, 3.63) is 46.2 Å². The zero-order chi connectivity index (χ0) is 29.3. The maximum absolute atomic E-state index is 14.2. The normalized spacial score (nSPS) is 32.5. The zero-order valence-electron chi connectivity index (χ0n) is 22.6. The molecule has 5 rings (SSSR count). The Morgan fingerprint density at radius 3 is 2.33 bits per heavy atom. The number of esters is 1. The Hall–Kier alpha value is -3.70. The molecule has 6 atom stereocenters. The minimum absolute atomic E-state index is 0.0244. The molecule has 1 aromatic carbocycles. The molecule has 0 aliphatic heterocycles. The summed E-state index contributed by atoms with van der Waals surface area (Å²) < 4.78 is 6.13. The van der Waals surface area contributed by atoms with Crippen LogP contribution in [-0.4, -0.2) is 80.6 Å². The van der Waals surface area contributed by atoms with Crippen LogP contribution in [0.3, 0.4) is 0 Å². The summed E-state index contributed by atoms with van der Waals surface area (Å²) >= 11 is 0. The van der Waals surface area contributed by atoms with Gasteiger partial charge in [0.2, 0.25) is 5.78 Å². The summed E-state index contributed by atoms with van der Waals surface area (Å²) in [5, 5.41) is 45.3. The van der Waals surface area contributed by atoms with Crippen LogP contribution in [0.2, 0.25) is 0 Å². The molecule has 0 bridgehead atoms. The van der Waals surface area contributed by atoms with Gasteiger partial charge in [0.25, 0.3) is 5.91 Å². The van der Waals surface area contributed by atoms with Crippen molar-refractivity contribution < 1.29 is 44.3 Å². The lowest BCUT2D eigenvalue weighted by atomic mass is 9.54. The molecule has 6 unspecified atom stereocenters. The van der Waals surface area contributed by atoms with Gasteiger partial charge in [0, 0.05) is 11.5 Å². The molecule has 4 aliphatic rings. The van der Waals surface area contributed by atoms with E-state index in [1.165, 1.54) is 25.1 Å². The number of aliphatic hydroxyl groups is 3. The summed E-state index contributed by atoms with van der Waals surface area (Å²) in [6.07, 6.45) is 2.45. The lowest BCUT2D eigenvalue weighted by Gasteiger charge is -2.54. The monoisotopic (exact) mass is 554 g/mol. The number of nitrogens with two attached hydrogens (primary N) is 1. The Bertz CT molecular complexity index is 1370. The second-order valence-electron chi connectivity index (χ2n) is 11.5. The van der Waals surface area contributed by atoms with E-state index in [0.717, 1.165) is 19.3 Å². The van der Waals surface area contributed by atoms with Crippen LogP contribution >= 0.6 is 0 Å². The molecule has 11 nitrogen and oxygen atoms in total. The molecule has 1 amide bonds. The van der Waals surface area contributed by atoms with Crippen molar-refractivity contribution >= 4 is 29.2 Å². The molecule has 0 aromatic heterocycles. The van der Waals surface area contributed by atoms with Gasteiger partial charge in [0.05, 0.1) is 23.4 Å². The van der Waals surface area contributed by atoms with E-state index in [1.807, 2.05) is 0 Å². The maximum Gasteiger partial charge on any atom is 0.309 e. The molecule has 0 saturated heterocycles. The van der Waals surface area contributed by atoms with Crippen LogP contribution in [0.25, 0.3) is 5.76 Å². The summed E-state index contributed by atoms with van der Waals surface area (Å²) in [4.78, 5) is 55.0. The fraction of sp³-hybridized carbons (Fsp3) is 0.517. The average molecular weight is 555 g/mol. The highest BCUT2D eigenvalue weighted by molar-refractivity contribution is 6.24. The maximum atomic E-state index is 14.2. The number of aliphatic hydroxyl groups excluding tert-OH is 2. The number of phenolic OH excluding ortho intramolecular Hbond substituents is 1. The largest absolute Gasteiger partial charge is 0.508 e. The first-order chi connectivity index (χ1) is 18.8. The Kier molecular flexibility index (Phi) is 6.78. The number of primary amides is 1. The molecule has 40 heavy (non-hydrogen) atoms. The van der Waals surface area contributed by atoms with Gasteiger partial charge in [-0.2, -0.15) is 0 Å². The van der Waals surface area contributed by atoms with Crippen LogP contribution in [0.1, 0.15) is 56.1 Å². The topological polar surface area (TPSA) is 188 Å². The van der Waals surface area contributed by atoms with Gasteiger partial charge < -0.3 is 30.9 Å². The third kappa shape index (κ3) is 3.78. The molecule has 0 spiro atoms. The van der Waals surface area contributed by atoms with Crippen LogP contribution in [0.5, 0.6) is 5.75 Å². The number of Topliss-reactive ketones (excluding diaryl/α,β-unsaturated/α-hetero) is 2. The summed E-state index contributed by atoms with van der Waals surface area (Å²) in [7, 11) is 2.99. The van der Waals surface area contributed by atoms with Crippen molar-refractivity contribution in [2.45, 2.75) is 62.7 Å². The van der Waals surface area contributed by atoms with E-state index in [-0.39, 0.29) is 16.9 Å². The summed E-state index contributed by atoms with van der Waals surface area (Å²) in [6.45, 7) is 1.73. The molecule has 0 radical (unpaired) electrons. The Balaban J connectivity index is 1.79. The second-order valence-corrected chi connectivity index (χ2v) is 11.5. The van der Waals surface area contributed by atoms with Gasteiger partial charge in [-0.05, 0) is 44.5 Å². The average Bonchev–Trinajstić information content (AvgIpc) is 2.90. The summed E-state index contributed by atoms with van der Waals surface area (Å²) in [5.41, 5.74) is 1.62. The Morgan fingerprint density at radius 1 is 1.07 bits per heavy atom. The summed E-state index contributed by atoms with van der Waals surface area (Å²) in [6, 6.07) is 3.18. The second kappa shape index (κ2) is 9.74. The van der Waals surface area contributed by atoms with Gasteiger partial charge in [-0.3, -0.25) is 24.1 Å². The van der Waals surface area contributed by atoms with Crippen LogP contribution in [0, 0.1) is 17.8 Å². The first-order valence-corrected chi connectivity index (χ1v) is 13.5. The molecule has 1 aromatic rings. The van der Waals surface area contributed by atoms with E-state index in [4.69, 9.17) is 10.5 Å². The SMILES string of the molecule is CC1c2cccc(O)c2C(O)=C2C(=O)C3(O)C(O)=C(C(N)=O)C(=O)C(N(C)C)C3C(OC(=O)C3CCCCC3)C21. The third-order valence-corrected chi connectivity index (χ3v) is 9.16. The number of hydrogen-bond donors (Lipinski definition) is 5. The molecule has 6 N–H and O–H groups in total. The van der Waals surface area contributed by atoms with Gasteiger partial charge in [-0.15, -0.1) is 0 Å². The predicted molar refractivity (Wildman–Crippen MR) is 141 cm³/mol. The number of carbonyl (C=O) groups excluding carboxylic acids is 4. The lowest BCUT2D eigenvalue weighted by molar-refractivity contribution is -0.188. The van der Waals surface area contributed by atoms with Crippen molar-refractivity contribution in [1.29, 1.82) is 0 Å². The molecule has 2 saturated carbocycles. The number of ether oxygens (including phenoxy) is 1. The minimum atomic E-state index is -2.94. The van der Waals surface area contributed by atoms with Gasteiger partial charge >= 0.3 is 5.97 Å². The Morgan fingerprint density at radius 2 is 1.73 bits per heavy atom. The van der Waals surface area contributed by atoms with Crippen LogP contribution in [0.4, 0.5) is 0 Å². The van der Waals surface area contributed by atoms with E-state index in [0.29, 0.717) is 18.4 Å². The molecule has 0 heterocycles. The van der Waals surface area contributed by atoms with E-state index < -0.39 is 82.0 Å². The van der Waals surface area contributed by atoms with Crippen LogP contribution < -0.4 is 5.73 Å². The number of phenols is 1. The van der Waals surface area contributed by atoms with E-state index in [2.05, 4.69) is 0 Å². The van der Waals surface area contributed by atoms with Crippen molar-refractivity contribution in [3.8, 4) is 5.75 Å². The molecular formula is C29H34N2O9. The van der Waals surface area contributed by atoms with Crippen molar-refractivity contribution in [1.82, 2.24) is 4.90 Å². The molecule has 4 aliphatic carbocycles. The van der Waals surface area contributed by atoms with E-state index >= 15 is 0 Å². The van der Waals surface area contributed by atoms with Crippen molar-refractivity contribution in [3.63, 3.8) is 0 Å². The first kappa shape index (κ1) is 27.9. The van der Waals surface area contributed by atoms with Gasteiger partial charge in [-0.25, -0.2) is 0 Å². The number of benzene rings is 1. The van der Waals surface area contributed by atoms with Gasteiger partial charge in [-0.1, -0.05) is 38.3 Å². The number of likely N-dealkylation sites (N-methyl/N-ethyl adjacent to an activating group) is 1. The Labute approximate surface area is 230 Å². The van der Waals surface area contributed by atoms with Gasteiger partial charge in [0.15, 0.2) is 11.4 Å². The smallest absolute Gasteiger partial charge is 0.309 e. The standard InChI is InChI=1S/C29H34N2O9/c1-12-14-10-7-11-15(32)17(14)22(33)18-16(12)24(40-28(38)13-8-5-4-6-9-13)20-21(31(2)3)23(34)19(27(30)37)26(36)29(20,39)25(18)35/h7,10-13,16,20-21,24,32-33,36,39H,4-6,8-9H2,1-3H3,(H2,30,37). The number of carbonyl (C=O) groups is 4. The number of amides is 1. The molecular weight excluding hydrogens is 520 g/mol.